The maximum Gasteiger partial charge on any atom is 0.220 e. The highest BCUT2D eigenvalue weighted by atomic mass is 16.3. The molecule has 0 fully saturated rings. The fraction of sp³-hybridized carbons (Fsp3) is 0.829. The first-order chi connectivity index (χ1) is 22.2. The number of hydrogen-bond acceptors (Lipinski definition) is 3. The minimum absolute atomic E-state index is 0.131. The molecule has 4 heteroatoms. The Morgan fingerprint density at radius 3 is 1.33 bits per heavy atom. The number of nitrogens with one attached hydrogen (secondary N) is 1. The van der Waals surface area contributed by atoms with Crippen molar-refractivity contribution in [2.24, 2.45) is 0 Å². The fourth-order valence-corrected chi connectivity index (χ4v) is 5.82. The lowest BCUT2D eigenvalue weighted by Gasteiger charge is -2.19. The number of allylic oxidation sites excluding steroid dienone is 5. The van der Waals surface area contributed by atoms with Crippen molar-refractivity contribution < 1.29 is 15.0 Å². The van der Waals surface area contributed by atoms with Crippen LogP contribution >= 0.6 is 0 Å². The highest BCUT2D eigenvalue weighted by Gasteiger charge is 2.17. The monoisotopic (exact) mass is 632 g/mol. The molecule has 0 aromatic heterocycles. The van der Waals surface area contributed by atoms with Crippen LogP contribution in [-0.4, -0.2) is 34.9 Å². The first kappa shape index (κ1) is 43.6. The van der Waals surface area contributed by atoms with E-state index in [0.29, 0.717) is 12.8 Å². The third-order valence-electron chi connectivity index (χ3n) is 8.88. The molecule has 3 N–H and O–H groups in total. The van der Waals surface area contributed by atoms with E-state index in [2.05, 4.69) is 37.4 Å². The summed E-state index contributed by atoms with van der Waals surface area (Å²) >= 11 is 0. The Morgan fingerprint density at radius 2 is 0.911 bits per heavy atom. The molecule has 0 aliphatic carbocycles. The van der Waals surface area contributed by atoms with Gasteiger partial charge in [0.15, 0.2) is 0 Å². The zero-order valence-electron chi connectivity index (χ0n) is 30.1. The molecule has 0 radical (unpaired) electrons. The highest BCUT2D eigenvalue weighted by molar-refractivity contribution is 5.76. The molecule has 0 spiro atoms. The summed E-state index contributed by atoms with van der Waals surface area (Å²) in [6.45, 7) is 4.27. The van der Waals surface area contributed by atoms with E-state index in [4.69, 9.17) is 0 Å². The van der Waals surface area contributed by atoms with E-state index < -0.39 is 12.1 Å². The summed E-state index contributed by atoms with van der Waals surface area (Å²) in [5.74, 6) is -0.131. The zero-order chi connectivity index (χ0) is 32.9. The molecule has 4 nitrogen and oxygen atoms in total. The standard InChI is InChI=1S/C41H77NO3/c1-3-5-7-9-11-13-15-17-18-19-20-21-22-23-25-26-28-30-32-34-36-40(44)39(38-43)42-41(45)37-35-33-31-29-27-24-16-14-12-10-8-6-4-2/h24,27,31,33-34,36,39-40,43-44H,3-23,25-26,28-30,32,35,37-38H2,1-2H3,(H,42,45)/b27-24-,33-31-,36-34+. The van der Waals surface area contributed by atoms with Crippen molar-refractivity contribution in [1.82, 2.24) is 5.32 Å². The smallest absolute Gasteiger partial charge is 0.220 e. The lowest BCUT2D eigenvalue weighted by atomic mass is 10.0. The second kappa shape index (κ2) is 37.1. The summed E-state index contributed by atoms with van der Waals surface area (Å²) in [4.78, 5) is 12.3. The number of rotatable bonds is 35. The van der Waals surface area contributed by atoms with Crippen molar-refractivity contribution >= 4 is 5.91 Å². The van der Waals surface area contributed by atoms with Crippen LogP contribution in [0.4, 0.5) is 0 Å². The molecule has 0 aromatic carbocycles. The molecular weight excluding hydrogens is 554 g/mol. The van der Waals surface area contributed by atoms with Crippen molar-refractivity contribution in [1.29, 1.82) is 0 Å². The molecule has 0 aliphatic rings. The van der Waals surface area contributed by atoms with Crippen molar-refractivity contribution in [3.63, 3.8) is 0 Å². The average Bonchev–Trinajstić information content (AvgIpc) is 3.04. The second-order valence-corrected chi connectivity index (χ2v) is 13.3. The topological polar surface area (TPSA) is 69.6 Å². The van der Waals surface area contributed by atoms with Crippen molar-refractivity contribution in [3.05, 3.63) is 36.5 Å². The maximum absolute atomic E-state index is 12.3. The first-order valence-electron chi connectivity index (χ1n) is 19.7. The van der Waals surface area contributed by atoms with Crippen molar-refractivity contribution in [3.8, 4) is 0 Å². The van der Waals surface area contributed by atoms with Crippen LogP contribution in [0.2, 0.25) is 0 Å². The Kier molecular flexibility index (Phi) is 35.9. The van der Waals surface area contributed by atoms with Crippen LogP contribution in [0, 0.1) is 0 Å². The van der Waals surface area contributed by atoms with Gasteiger partial charge >= 0.3 is 0 Å². The number of carbonyl (C=O) groups is 1. The Balaban J connectivity index is 3.64. The predicted octanol–water partition coefficient (Wildman–Crippen LogP) is 11.8. The van der Waals surface area contributed by atoms with Gasteiger partial charge in [-0.3, -0.25) is 4.79 Å². The number of aliphatic hydroxyl groups is 2. The molecule has 0 heterocycles. The van der Waals surface area contributed by atoms with E-state index in [-0.39, 0.29) is 12.5 Å². The van der Waals surface area contributed by atoms with Gasteiger partial charge in [-0.15, -0.1) is 0 Å². The summed E-state index contributed by atoms with van der Waals surface area (Å²) < 4.78 is 0. The first-order valence-corrected chi connectivity index (χ1v) is 19.7. The van der Waals surface area contributed by atoms with Crippen LogP contribution in [0.25, 0.3) is 0 Å². The Bertz CT molecular complexity index is 686. The quantitative estimate of drug-likeness (QED) is 0.0481. The molecule has 0 bridgehead atoms. The van der Waals surface area contributed by atoms with Crippen molar-refractivity contribution in [2.45, 2.75) is 212 Å². The third kappa shape index (κ3) is 33.8. The number of aliphatic hydroxyl groups excluding tert-OH is 2. The third-order valence-corrected chi connectivity index (χ3v) is 8.88. The van der Waals surface area contributed by atoms with E-state index in [1.165, 1.54) is 148 Å². The summed E-state index contributed by atoms with van der Waals surface area (Å²) in [7, 11) is 0. The van der Waals surface area contributed by atoms with Gasteiger partial charge in [0.1, 0.15) is 0 Å². The average molecular weight is 632 g/mol. The minimum Gasteiger partial charge on any atom is -0.394 e. The molecule has 0 saturated carbocycles. The Hall–Kier alpha value is -1.39. The van der Waals surface area contributed by atoms with Crippen molar-refractivity contribution in [2.75, 3.05) is 6.61 Å². The van der Waals surface area contributed by atoms with Gasteiger partial charge in [-0.1, -0.05) is 192 Å². The molecule has 2 unspecified atom stereocenters. The molecule has 2 atom stereocenters. The number of hydrogen-bond donors (Lipinski definition) is 3. The summed E-state index contributed by atoms with van der Waals surface area (Å²) in [6, 6.07) is -0.650. The van der Waals surface area contributed by atoms with E-state index in [0.717, 1.165) is 25.7 Å². The lowest BCUT2D eigenvalue weighted by molar-refractivity contribution is -0.122. The van der Waals surface area contributed by atoms with Gasteiger partial charge in [-0.2, -0.15) is 0 Å². The van der Waals surface area contributed by atoms with Crippen LogP contribution < -0.4 is 5.32 Å². The molecule has 0 saturated heterocycles. The molecule has 1 amide bonds. The number of carbonyl (C=O) groups excluding carboxylic acids is 1. The summed E-state index contributed by atoms with van der Waals surface area (Å²) in [5, 5.41) is 22.9. The molecule has 0 rings (SSSR count). The number of amides is 1. The SMILES string of the molecule is CCCCCCCC/C=C\C/C=C\CCC(=O)NC(CO)C(O)/C=C/CCCCCCCCCCCCCCCCCCCC. The zero-order valence-corrected chi connectivity index (χ0v) is 30.1. The van der Waals surface area contributed by atoms with Crippen LogP contribution in [0.5, 0.6) is 0 Å². The predicted molar refractivity (Wildman–Crippen MR) is 198 cm³/mol. The Labute approximate surface area is 281 Å². The summed E-state index contributed by atoms with van der Waals surface area (Å²) in [5.41, 5.74) is 0. The van der Waals surface area contributed by atoms with E-state index >= 15 is 0 Å². The molecule has 45 heavy (non-hydrogen) atoms. The van der Waals surface area contributed by atoms with Gasteiger partial charge in [0.25, 0.3) is 0 Å². The number of unbranched alkanes of at least 4 members (excludes halogenated alkanes) is 24. The fourth-order valence-electron chi connectivity index (χ4n) is 5.82. The minimum atomic E-state index is -0.859. The lowest BCUT2D eigenvalue weighted by Crippen LogP contribution is -2.45. The van der Waals surface area contributed by atoms with Gasteiger partial charge in [-0.05, 0) is 38.5 Å². The Morgan fingerprint density at radius 1 is 0.533 bits per heavy atom. The van der Waals surface area contributed by atoms with Gasteiger partial charge in [0.2, 0.25) is 5.91 Å². The molecule has 0 aliphatic heterocycles. The van der Waals surface area contributed by atoms with Crippen LogP contribution in [0.3, 0.4) is 0 Å². The van der Waals surface area contributed by atoms with Crippen LogP contribution in [0.15, 0.2) is 36.5 Å². The largest absolute Gasteiger partial charge is 0.394 e. The second-order valence-electron chi connectivity index (χ2n) is 13.3. The van der Waals surface area contributed by atoms with Gasteiger partial charge in [0.05, 0.1) is 18.8 Å². The molecule has 264 valence electrons. The van der Waals surface area contributed by atoms with E-state index in [1.807, 2.05) is 12.2 Å². The highest BCUT2D eigenvalue weighted by Crippen LogP contribution is 2.15. The molecular formula is C41H77NO3. The van der Waals surface area contributed by atoms with Crippen LogP contribution in [0.1, 0.15) is 200 Å². The van der Waals surface area contributed by atoms with Gasteiger partial charge < -0.3 is 15.5 Å². The summed E-state index contributed by atoms with van der Waals surface area (Å²) in [6.07, 6.45) is 48.2. The van der Waals surface area contributed by atoms with Crippen LogP contribution in [-0.2, 0) is 4.79 Å². The molecule has 0 aromatic rings. The van der Waals surface area contributed by atoms with Gasteiger partial charge in [-0.25, -0.2) is 0 Å². The maximum atomic E-state index is 12.3. The van der Waals surface area contributed by atoms with E-state index in [1.54, 1.807) is 6.08 Å². The van der Waals surface area contributed by atoms with Gasteiger partial charge in [0, 0.05) is 6.42 Å². The normalized spacial score (nSPS) is 13.4. The van der Waals surface area contributed by atoms with E-state index in [9.17, 15) is 15.0 Å².